The molecule has 0 aliphatic rings. The highest BCUT2D eigenvalue weighted by Crippen LogP contribution is 1.89. The largest absolute Gasteiger partial charge is 0.301 e. The zero-order valence-electron chi connectivity index (χ0n) is 6.15. The maximum atomic E-state index is 5.53. The van der Waals surface area contributed by atoms with Crippen molar-refractivity contribution >= 4 is 35.6 Å². The van der Waals surface area contributed by atoms with Crippen molar-refractivity contribution in [2.75, 3.05) is 31.4 Å². The van der Waals surface area contributed by atoms with Gasteiger partial charge in [0.1, 0.15) is 0 Å². The lowest BCUT2D eigenvalue weighted by Gasteiger charge is -2.16. The van der Waals surface area contributed by atoms with Gasteiger partial charge in [-0.2, -0.15) is 0 Å². The SMILES string of the molecule is CCN([13CH2][13CH2]Cl)[13CH2][13CH2]Cl.Cl. The van der Waals surface area contributed by atoms with E-state index in [0.29, 0.717) is 11.8 Å². The normalized spacial score (nSPS) is 9.60. The first-order valence-corrected chi connectivity index (χ1v) is 4.26. The summed E-state index contributed by atoms with van der Waals surface area (Å²) >= 11 is 11.1. The van der Waals surface area contributed by atoms with E-state index >= 15 is 0 Å². The molecule has 0 amide bonds. The van der Waals surface area contributed by atoms with Crippen LogP contribution in [0.3, 0.4) is 0 Å². The second kappa shape index (κ2) is 9.83. The van der Waals surface area contributed by atoms with Crippen LogP contribution in [0.1, 0.15) is 6.92 Å². The Morgan fingerprint density at radius 2 is 1.50 bits per heavy atom. The van der Waals surface area contributed by atoms with Gasteiger partial charge in [0.15, 0.2) is 0 Å². The Labute approximate surface area is 79.1 Å². The van der Waals surface area contributed by atoms with Gasteiger partial charge < -0.3 is 4.90 Å². The molecule has 64 valence electrons. The standard InChI is InChI=1S/C6H13Cl2N.ClH/c1-2-9(5-3-7)6-4-8;/h2-6H2,1H3;1H/i3+1,4+1,5+1,6+1;. The average Bonchev–Trinajstić information content (AvgIpc) is 1.88. The van der Waals surface area contributed by atoms with Crippen LogP contribution in [0.5, 0.6) is 0 Å². The van der Waals surface area contributed by atoms with E-state index in [2.05, 4.69) is 11.8 Å². The molecule has 0 rings (SSSR count). The third-order valence-electron chi connectivity index (χ3n) is 1.25. The Morgan fingerprint density at radius 1 is 1.10 bits per heavy atom. The fourth-order valence-corrected chi connectivity index (χ4v) is 1.15. The summed E-state index contributed by atoms with van der Waals surface area (Å²) in [4.78, 5) is 2.22. The summed E-state index contributed by atoms with van der Waals surface area (Å²) in [6.45, 7) is 5.05. The Kier molecular flexibility index (Phi) is 13.2. The summed E-state index contributed by atoms with van der Waals surface area (Å²) in [7, 11) is 0. The third kappa shape index (κ3) is 6.94. The summed E-state index contributed by atoms with van der Waals surface area (Å²) in [6.07, 6.45) is 0. The molecule has 0 aliphatic heterocycles. The highest BCUT2D eigenvalue weighted by molar-refractivity contribution is 6.18. The topological polar surface area (TPSA) is 3.24 Å². The maximum absolute atomic E-state index is 5.53. The molecule has 0 aromatic rings. The fraction of sp³-hybridized carbons (Fsp3) is 1.00. The molecular weight excluding hydrogens is 196 g/mol. The molecule has 0 spiro atoms. The van der Waals surface area contributed by atoms with Crippen molar-refractivity contribution in [1.82, 2.24) is 4.90 Å². The number of rotatable bonds is 5. The van der Waals surface area contributed by atoms with Crippen LogP contribution in [0, 0.1) is 0 Å². The Bertz CT molecular complexity index is 55.0. The molecule has 0 N–H and O–H groups in total. The molecule has 0 atom stereocenters. The lowest BCUT2D eigenvalue weighted by Crippen LogP contribution is -2.27. The van der Waals surface area contributed by atoms with E-state index in [-0.39, 0.29) is 12.4 Å². The first-order valence-electron chi connectivity index (χ1n) is 3.19. The van der Waals surface area contributed by atoms with Gasteiger partial charge >= 0.3 is 0 Å². The zero-order chi connectivity index (χ0) is 7.11. The summed E-state index contributed by atoms with van der Waals surface area (Å²) < 4.78 is 0. The van der Waals surface area contributed by atoms with Gasteiger partial charge in [-0.15, -0.1) is 35.6 Å². The lowest BCUT2D eigenvalue weighted by molar-refractivity contribution is 0.325. The first kappa shape index (κ1) is 13.4. The quantitative estimate of drug-likeness (QED) is 0.497. The van der Waals surface area contributed by atoms with Crippen molar-refractivity contribution < 1.29 is 0 Å². The highest BCUT2D eigenvalue weighted by Gasteiger charge is 1.97. The van der Waals surface area contributed by atoms with Crippen molar-refractivity contribution in [3.63, 3.8) is 0 Å². The maximum Gasteiger partial charge on any atom is 0.0351 e. The first-order chi connectivity index (χ1) is 4.35. The molecule has 0 radical (unpaired) electrons. The molecule has 4 heteroatoms. The third-order valence-corrected chi connectivity index (χ3v) is 1.59. The van der Waals surface area contributed by atoms with Crippen LogP contribution in [0.2, 0.25) is 0 Å². The Morgan fingerprint density at radius 3 is 1.70 bits per heavy atom. The number of hydrogen-bond donors (Lipinski definition) is 0. The number of alkyl halides is 2. The van der Waals surface area contributed by atoms with Gasteiger partial charge in [-0.05, 0) is 6.54 Å². The van der Waals surface area contributed by atoms with Crippen LogP contribution in [0.25, 0.3) is 0 Å². The van der Waals surface area contributed by atoms with Crippen molar-refractivity contribution in [3.05, 3.63) is 0 Å². The Balaban J connectivity index is 0. The monoisotopic (exact) mass is 209 g/mol. The van der Waals surface area contributed by atoms with E-state index in [4.69, 9.17) is 23.2 Å². The molecule has 0 saturated heterocycles. The second-order valence-corrected chi connectivity index (χ2v) is 2.57. The van der Waals surface area contributed by atoms with E-state index in [0.717, 1.165) is 19.6 Å². The van der Waals surface area contributed by atoms with E-state index < -0.39 is 0 Å². The van der Waals surface area contributed by atoms with Crippen LogP contribution in [0.4, 0.5) is 0 Å². The van der Waals surface area contributed by atoms with Crippen molar-refractivity contribution in [2.24, 2.45) is 0 Å². The van der Waals surface area contributed by atoms with Gasteiger partial charge in [0, 0.05) is 24.8 Å². The van der Waals surface area contributed by atoms with Crippen LogP contribution in [-0.2, 0) is 0 Å². The highest BCUT2D eigenvalue weighted by atomic mass is 35.5. The van der Waals surface area contributed by atoms with Crippen molar-refractivity contribution in [1.29, 1.82) is 0 Å². The van der Waals surface area contributed by atoms with E-state index in [9.17, 15) is 0 Å². The van der Waals surface area contributed by atoms with Gasteiger partial charge in [-0.25, -0.2) is 0 Å². The average molecular weight is 211 g/mol. The zero-order valence-corrected chi connectivity index (χ0v) is 8.48. The minimum Gasteiger partial charge on any atom is -0.301 e. The van der Waals surface area contributed by atoms with E-state index in [1.807, 2.05) is 0 Å². The Hall–Kier alpha value is 0.830. The minimum atomic E-state index is 0. The van der Waals surface area contributed by atoms with Gasteiger partial charge in [-0.3, -0.25) is 0 Å². The van der Waals surface area contributed by atoms with Crippen LogP contribution < -0.4 is 0 Å². The van der Waals surface area contributed by atoms with Crippen molar-refractivity contribution in [2.45, 2.75) is 6.92 Å². The van der Waals surface area contributed by atoms with Gasteiger partial charge in [0.25, 0.3) is 0 Å². The van der Waals surface area contributed by atoms with Crippen LogP contribution in [-0.4, -0.2) is 36.3 Å². The van der Waals surface area contributed by atoms with E-state index in [1.165, 1.54) is 0 Å². The molecule has 10 heavy (non-hydrogen) atoms. The smallest absolute Gasteiger partial charge is 0.0351 e. The molecule has 0 saturated carbocycles. The second-order valence-electron chi connectivity index (χ2n) is 1.81. The van der Waals surface area contributed by atoms with Gasteiger partial charge in [0.05, 0.1) is 0 Å². The summed E-state index contributed by atoms with van der Waals surface area (Å²) in [5.41, 5.74) is 0. The van der Waals surface area contributed by atoms with Crippen molar-refractivity contribution in [3.8, 4) is 0 Å². The van der Waals surface area contributed by atoms with Crippen LogP contribution in [0.15, 0.2) is 0 Å². The number of nitrogens with zero attached hydrogens (tertiary/aromatic N) is 1. The minimum absolute atomic E-state index is 0. The number of hydrogen-bond acceptors (Lipinski definition) is 1. The predicted molar refractivity (Wildman–Crippen MR) is 50.8 cm³/mol. The lowest BCUT2D eigenvalue weighted by atomic mass is 10.8. The molecule has 0 unspecified atom stereocenters. The van der Waals surface area contributed by atoms with E-state index in [1.54, 1.807) is 0 Å². The summed E-state index contributed by atoms with van der Waals surface area (Å²) in [5.74, 6) is 1.40. The molecule has 0 fully saturated rings. The molecule has 0 heterocycles. The number of halogens is 3. The molecule has 0 aromatic heterocycles. The fourth-order valence-electron chi connectivity index (χ4n) is 0.667. The molecule has 0 aliphatic carbocycles. The summed E-state index contributed by atoms with van der Waals surface area (Å²) in [6, 6.07) is 0. The van der Waals surface area contributed by atoms with Gasteiger partial charge in [-0.1, -0.05) is 6.92 Å². The molecular formula is C6H14Cl3N. The van der Waals surface area contributed by atoms with Gasteiger partial charge in [0.2, 0.25) is 0 Å². The molecule has 0 bridgehead atoms. The molecule has 1 nitrogen and oxygen atoms in total. The van der Waals surface area contributed by atoms with Crippen LogP contribution >= 0.6 is 35.6 Å². The molecule has 0 aromatic carbocycles. The summed E-state index contributed by atoms with van der Waals surface area (Å²) in [5, 5.41) is 0. The predicted octanol–water partition coefficient (Wildman–Crippen LogP) is 2.21.